The van der Waals surface area contributed by atoms with Gasteiger partial charge in [-0.2, -0.15) is 0 Å². The zero-order valence-electron chi connectivity index (χ0n) is 13.7. The van der Waals surface area contributed by atoms with Crippen LogP contribution in [0.4, 0.5) is 11.5 Å². The molecule has 0 saturated carbocycles. The highest BCUT2D eigenvalue weighted by Crippen LogP contribution is 2.35. The Balaban J connectivity index is 0.00000192. The second-order valence-electron chi connectivity index (χ2n) is 5.68. The van der Waals surface area contributed by atoms with Gasteiger partial charge in [0.15, 0.2) is 0 Å². The summed E-state index contributed by atoms with van der Waals surface area (Å²) < 4.78 is 5.22. The summed E-state index contributed by atoms with van der Waals surface area (Å²) in [4.78, 5) is 11.4. The summed E-state index contributed by atoms with van der Waals surface area (Å²) in [6.07, 6.45) is 3.95. The Hall–Kier alpha value is -2.07. The number of ether oxygens (including phenoxy) is 1. The predicted molar refractivity (Wildman–Crippen MR) is 96.2 cm³/mol. The summed E-state index contributed by atoms with van der Waals surface area (Å²) in [5, 5.41) is 0. The molecule has 1 aliphatic rings. The molecule has 0 N–H and O–H groups in total. The zero-order valence-corrected chi connectivity index (χ0v) is 14.6. The minimum absolute atomic E-state index is 0. The average Bonchev–Trinajstić information content (AvgIpc) is 2.96. The Kier molecular flexibility index (Phi) is 5.26. The number of fused-ring (bicyclic) bond motifs is 1. The maximum Gasteiger partial charge on any atom is 0.139 e. The summed E-state index contributed by atoms with van der Waals surface area (Å²) in [7, 11) is 3.72. The number of anilines is 2. The quantitative estimate of drug-likeness (QED) is 0.797. The predicted octanol–water partition coefficient (Wildman–Crippen LogP) is 3.88. The lowest BCUT2D eigenvalue weighted by Crippen LogP contribution is -2.15. The average molecular weight is 332 g/mol. The zero-order chi connectivity index (χ0) is 15.7. The molecule has 1 unspecified atom stereocenters. The Bertz CT molecular complexity index is 700. The van der Waals surface area contributed by atoms with Crippen molar-refractivity contribution in [3.63, 3.8) is 0 Å². The van der Waals surface area contributed by atoms with Crippen molar-refractivity contribution in [2.24, 2.45) is 5.92 Å². The van der Waals surface area contributed by atoms with Crippen molar-refractivity contribution in [3.05, 3.63) is 54.0 Å². The number of allylic oxidation sites excluding steroid dienone is 1. The Morgan fingerprint density at radius 1 is 1.22 bits per heavy atom. The summed E-state index contributed by atoms with van der Waals surface area (Å²) in [6.45, 7) is 5.88. The summed E-state index contributed by atoms with van der Waals surface area (Å²) in [5.41, 5.74) is 3.49. The monoisotopic (exact) mass is 331 g/mol. The first-order valence-corrected chi connectivity index (χ1v) is 7.49. The van der Waals surface area contributed by atoms with Crippen molar-refractivity contribution in [3.8, 4) is 5.75 Å². The number of hydrogen-bond donors (Lipinski definition) is 0. The molecule has 5 heteroatoms. The highest BCUT2D eigenvalue weighted by molar-refractivity contribution is 5.85. The first kappa shape index (κ1) is 17.3. The van der Waals surface area contributed by atoms with Crippen LogP contribution in [-0.4, -0.2) is 24.1 Å². The lowest BCUT2D eigenvalue weighted by atomic mass is 10.1. The van der Waals surface area contributed by atoms with E-state index in [2.05, 4.69) is 21.4 Å². The fourth-order valence-corrected chi connectivity index (χ4v) is 2.97. The molecule has 1 atom stereocenters. The maximum atomic E-state index is 5.22. The van der Waals surface area contributed by atoms with Crippen LogP contribution in [0.3, 0.4) is 0 Å². The largest absolute Gasteiger partial charge is 0.497 e. The van der Waals surface area contributed by atoms with Gasteiger partial charge in [0.05, 0.1) is 12.8 Å². The third-order valence-corrected chi connectivity index (χ3v) is 4.22. The topological polar surface area (TPSA) is 38.2 Å². The van der Waals surface area contributed by atoms with Crippen LogP contribution < -0.4 is 9.64 Å². The van der Waals surface area contributed by atoms with E-state index in [4.69, 9.17) is 4.74 Å². The molecule has 0 radical (unpaired) electrons. The molecule has 4 nitrogen and oxygen atoms in total. The minimum Gasteiger partial charge on any atom is -0.497 e. The molecule has 1 aromatic heterocycles. The molecule has 0 amide bonds. The van der Waals surface area contributed by atoms with Gasteiger partial charge in [-0.25, -0.2) is 9.97 Å². The Morgan fingerprint density at radius 2 is 1.91 bits per heavy atom. The van der Waals surface area contributed by atoms with Gasteiger partial charge in [-0.1, -0.05) is 6.08 Å². The van der Waals surface area contributed by atoms with E-state index in [0.717, 1.165) is 41.6 Å². The van der Waals surface area contributed by atoms with E-state index in [1.165, 1.54) is 5.56 Å². The van der Waals surface area contributed by atoms with Crippen LogP contribution >= 0.6 is 12.4 Å². The molecule has 122 valence electrons. The van der Waals surface area contributed by atoms with E-state index < -0.39 is 0 Å². The van der Waals surface area contributed by atoms with E-state index in [0.29, 0.717) is 5.92 Å². The number of hydrogen-bond acceptors (Lipinski definition) is 4. The van der Waals surface area contributed by atoms with Crippen molar-refractivity contribution in [2.75, 3.05) is 19.1 Å². The smallest absolute Gasteiger partial charge is 0.139 e. The molecular formula is C18H22ClN3O. The second-order valence-corrected chi connectivity index (χ2v) is 5.68. The standard InChI is InChI=1S/C18H21N3O.ClH/c1-5-13-10-16-17(11-13)19-12(2)20-18(16)21(3)14-6-8-15(22-4)9-7-14;/h5-9,13H,1,10-11H2,2-4H3;1H. The summed E-state index contributed by atoms with van der Waals surface area (Å²) >= 11 is 0. The molecular weight excluding hydrogens is 310 g/mol. The van der Waals surface area contributed by atoms with Crippen LogP contribution in [0.2, 0.25) is 0 Å². The molecule has 0 aliphatic heterocycles. The van der Waals surface area contributed by atoms with E-state index >= 15 is 0 Å². The van der Waals surface area contributed by atoms with Crippen LogP contribution in [0.1, 0.15) is 17.1 Å². The van der Waals surface area contributed by atoms with Gasteiger partial charge in [-0.05, 0) is 49.9 Å². The molecule has 0 bridgehead atoms. The van der Waals surface area contributed by atoms with Gasteiger partial charge in [0.1, 0.15) is 17.4 Å². The van der Waals surface area contributed by atoms with E-state index in [-0.39, 0.29) is 12.4 Å². The first-order valence-electron chi connectivity index (χ1n) is 7.49. The Labute approximate surface area is 143 Å². The maximum absolute atomic E-state index is 5.22. The highest BCUT2D eigenvalue weighted by Gasteiger charge is 2.26. The van der Waals surface area contributed by atoms with Crippen LogP contribution in [0.15, 0.2) is 36.9 Å². The molecule has 1 aliphatic carbocycles. The third-order valence-electron chi connectivity index (χ3n) is 4.22. The molecule has 1 heterocycles. The summed E-state index contributed by atoms with van der Waals surface area (Å²) in [5.74, 6) is 3.14. The normalized spacial score (nSPS) is 15.5. The number of aromatic nitrogens is 2. The molecule has 3 rings (SSSR count). The van der Waals surface area contributed by atoms with Crippen LogP contribution in [0, 0.1) is 12.8 Å². The van der Waals surface area contributed by atoms with E-state index in [1.807, 2.05) is 44.3 Å². The SMILES string of the molecule is C=CC1Cc2nc(C)nc(N(C)c3ccc(OC)cc3)c2C1.Cl. The van der Waals surface area contributed by atoms with Crippen LogP contribution in [-0.2, 0) is 12.8 Å². The lowest BCUT2D eigenvalue weighted by molar-refractivity contribution is 0.415. The van der Waals surface area contributed by atoms with Crippen molar-refractivity contribution >= 4 is 23.9 Å². The van der Waals surface area contributed by atoms with Gasteiger partial charge in [0, 0.05) is 18.3 Å². The van der Waals surface area contributed by atoms with Gasteiger partial charge in [0.25, 0.3) is 0 Å². The number of aryl methyl sites for hydroxylation is 1. The molecule has 1 aromatic carbocycles. The van der Waals surface area contributed by atoms with E-state index in [1.54, 1.807) is 7.11 Å². The van der Waals surface area contributed by atoms with Gasteiger partial charge in [-0.15, -0.1) is 19.0 Å². The highest BCUT2D eigenvalue weighted by atomic mass is 35.5. The minimum atomic E-state index is 0. The number of benzene rings is 1. The summed E-state index contributed by atoms with van der Waals surface area (Å²) in [6, 6.07) is 8.02. The molecule has 0 saturated heterocycles. The van der Waals surface area contributed by atoms with Gasteiger partial charge >= 0.3 is 0 Å². The molecule has 2 aromatic rings. The van der Waals surface area contributed by atoms with Gasteiger partial charge < -0.3 is 9.64 Å². The van der Waals surface area contributed by atoms with Crippen molar-refractivity contribution in [1.29, 1.82) is 0 Å². The lowest BCUT2D eigenvalue weighted by Gasteiger charge is -2.21. The van der Waals surface area contributed by atoms with Crippen molar-refractivity contribution in [1.82, 2.24) is 9.97 Å². The van der Waals surface area contributed by atoms with Crippen LogP contribution in [0.5, 0.6) is 5.75 Å². The first-order chi connectivity index (χ1) is 10.6. The number of nitrogens with zero attached hydrogens (tertiary/aromatic N) is 3. The fraction of sp³-hybridized carbons (Fsp3) is 0.333. The van der Waals surface area contributed by atoms with Gasteiger partial charge in [-0.3, -0.25) is 0 Å². The fourth-order valence-electron chi connectivity index (χ4n) is 2.97. The third kappa shape index (κ3) is 3.32. The number of rotatable bonds is 4. The number of methoxy groups -OCH3 is 1. The van der Waals surface area contributed by atoms with Gasteiger partial charge in [0.2, 0.25) is 0 Å². The number of halogens is 1. The molecule has 0 spiro atoms. The Morgan fingerprint density at radius 3 is 2.52 bits per heavy atom. The van der Waals surface area contributed by atoms with Crippen molar-refractivity contribution < 1.29 is 4.74 Å². The van der Waals surface area contributed by atoms with E-state index in [9.17, 15) is 0 Å². The molecule has 23 heavy (non-hydrogen) atoms. The molecule has 0 fully saturated rings. The van der Waals surface area contributed by atoms with Crippen molar-refractivity contribution in [2.45, 2.75) is 19.8 Å². The second kappa shape index (κ2) is 7.01. The van der Waals surface area contributed by atoms with Crippen LogP contribution in [0.25, 0.3) is 0 Å².